The topological polar surface area (TPSA) is 73.5 Å². The molecule has 1 N–H and O–H groups in total. The zero-order valence-electron chi connectivity index (χ0n) is 16.3. The van der Waals surface area contributed by atoms with Crippen LogP contribution in [0.2, 0.25) is 0 Å². The number of halogens is 1. The van der Waals surface area contributed by atoms with Gasteiger partial charge in [-0.2, -0.15) is 0 Å². The number of benzene rings is 2. The van der Waals surface area contributed by atoms with Crippen LogP contribution < -0.4 is 5.32 Å². The molecule has 0 radical (unpaired) electrons. The number of nitrogens with zero attached hydrogens (tertiary/aromatic N) is 1. The molecule has 1 aliphatic heterocycles. The van der Waals surface area contributed by atoms with Crippen LogP contribution in [0.15, 0.2) is 53.3 Å². The Kier molecular flexibility index (Phi) is 4.08. The molecule has 0 spiro atoms. The maximum atomic E-state index is 13.9. The number of fused-ring (bicyclic) bond motifs is 2. The summed E-state index contributed by atoms with van der Waals surface area (Å²) in [5.41, 5.74) is 3.71. The highest BCUT2D eigenvalue weighted by molar-refractivity contribution is 6.50. The van der Waals surface area contributed by atoms with E-state index in [9.17, 15) is 14.0 Å². The summed E-state index contributed by atoms with van der Waals surface area (Å²) in [6.07, 6.45) is 3.21. The average molecular weight is 404 g/mol. The number of carbonyl (C=O) groups is 2. The lowest BCUT2D eigenvalue weighted by atomic mass is 9.95. The monoisotopic (exact) mass is 404 g/mol. The van der Waals surface area contributed by atoms with E-state index < -0.39 is 17.6 Å². The number of imide groups is 1. The van der Waals surface area contributed by atoms with Gasteiger partial charge in [-0.15, -0.1) is 0 Å². The van der Waals surface area contributed by atoms with E-state index in [1.165, 1.54) is 18.4 Å². The summed E-state index contributed by atoms with van der Waals surface area (Å²) in [5.74, 6) is -1.44. The number of carbonyl (C=O) groups excluding carboxylic acids is 2. The van der Waals surface area contributed by atoms with Gasteiger partial charge in [-0.25, -0.2) is 4.39 Å². The van der Waals surface area contributed by atoms with Gasteiger partial charge in [-0.1, -0.05) is 12.1 Å². The van der Waals surface area contributed by atoms with Gasteiger partial charge in [-0.05, 0) is 29.8 Å². The Morgan fingerprint density at radius 1 is 1.03 bits per heavy atom. The molecule has 0 saturated heterocycles. The highest BCUT2D eigenvalue weighted by atomic mass is 19.1. The Balaban J connectivity index is 1.78. The van der Waals surface area contributed by atoms with Gasteiger partial charge in [0, 0.05) is 47.8 Å². The maximum Gasteiger partial charge on any atom is 0.259 e. The van der Waals surface area contributed by atoms with Gasteiger partial charge in [0.2, 0.25) is 0 Å². The normalized spacial score (nSPS) is 14.4. The SMILES string of the molecule is COCc1ccc2c(C3=C(c4cn(C)c5ccc(F)cc45)C(=O)NC3=O)coc2c1. The number of ether oxygens (including phenoxy) is 1. The highest BCUT2D eigenvalue weighted by Crippen LogP contribution is 2.39. The molecule has 30 heavy (non-hydrogen) atoms. The molecule has 150 valence electrons. The van der Waals surface area contributed by atoms with Crippen LogP contribution >= 0.6 is 0 Å². The number of rotatable bonds is 4. The van der Waals surface area contributed by atoms with Crippen molar-refractivity contribution < 1.29 is 23.1 Å². The lowest BCUT2D eigenvalue weighted by Crippen LogP contribution is -2.22. The first-order valence-corrected chi connectivity index (χ1v) is 9.32. The summed E-state index contributed by atoms with van der Waals surface area (Å²) >= 11 is 0. The predicted molar refractivity (Wildman–Crippen MR) is 110 cm³/mol. The highest BCUT2D eigenvalue weighted by Gasteiger charge is 2.35. The number of hydrogen-bond acceptors (Lipinski definition) is 4. The Hall–Kier alpha value is -3.71. The van der Waals surface area contributed by atoms with Crippen LogP contribution in [-0.4, -0.2) is 23.5 Å². The molecule has 4 aromatic rings. The molecule has 6 nitrogen and oxygen atoms in total. The molecule has 0 unspecified atom stereocenters. The number of amides is 2. The molecule has 0 aliphatic carbocycles. The van der Waals surface area contributed by atoms with Gasteiger partial charge in [0.15, 0.2) is 0 Å². The van der Waals surface area contributed by atoms with Gasteiger partial charge in [0.25, 0.3) is 11.8 Å². The Morgan fingerprint density at radius 2 is 1.80 bits per heavy atom. The molecule has 1 aliphatic rings. The van der Waals surface area contributed by atoms with Crippen molar-refractivity contribution in [2.24, 2.45) is 7.05 Å². The van der Waals surface area contributed by atoms with Crippen molar-refractivity contribution in [3.8, 4) is 0 Å². The minimum atomic E-state index is -0.517. The molecule has 5 rings (SSSR count). The summed E-state index contributed by atoms with van der Waals surface area (Å²) in [7, 11) is 3.42. The minimum Gasteiger partial charge on any atom is -0.464 e. The van der Waals surface area contributed by atoms with E-state index in [0.29, 0.717) is 34.1 Å². The van der Waals surface area contributed by atoms with E-state index in [2.05, 4.69) is 5.32 Å². The third kappa shape index (κ3) is 2.67. The molecule has 2 amide bonds. The van der Waals surface area contributed by atoms with Crippen molar-refractivity contribution in [3.63, 3.8) is 0 Å². The smallest absolute Gasteiger partial charge is 0.259 e. The molecular weight excluding hydrogens is 387 g/mol. The first kappa shape index (κ1) is 18.3. The van der Waals surface area contributed by atoms with Gasteiger partial charge in [0.05, 0.1) is 24.0 Å². The molecule has 0 atom stereocenters. The minimum absolute atomic E-state index is 0.208. The van der Waals surface area contributed by atoms with Crippen LogP contribution in [0.4, 0.5) is 4.39 Å². The Bertz CT molecular complexity index is 1390. The number of hydrogen-bond donors (Lipinski definition) is 1. The van der Waals surface area contributed by atoms with Gasteiger partial charge in [-0.3, -0.25) is 14.9 Å². The first-order valence-electron chi connectivity index (χ1n) is 9.32. The fourth-order valence-corrected chi connectivity index (χ4v) is 4.06. The molecule has 0 saturated carbocycles. The average Bonchev–Trinajstić information content (AvgIpc) is 3.35. The quantitative estimate of drug-likeness (QED) is 0.526. The summed E-state index contributed by atoms with van der Waals surface area (Å²) < 4.78 is 26.6. The van der Waals surface area contributed by atoms with Crippen molar-refractivity contribution in [1.29, 1.82) is 0 Å². The van der Waals surface area contributed by atoms with Crippen molar-refractivity contribution in [2.45, 2.75) is 6.61 Å². The molecule has 0 fully saturated rings. The summed E-state index contributed by atoms with van der Waals surface area (Å²) in [6.45, 7) is 0.431. The standard InChI is InChI=1S/C23H17FN2O4/c1-26-9-16(15-8-13(24)4-6-18(15)26)20-21(23(28)25-22(20)27)17-11-30-19-7-12(10-29-2)3-5-14(17)19/h3-9,11H,10H2,1-2H3,(H,25,27,28). The van der Waals surface area contributed by atoms with Gasteiger partial charge in [0.1, 0.15) is 11.4 Å². The molecule has 0 bridgehead atoms. The van der Waals surface area contributed by atoms with Gasteiger partial charge < -0.3 is 13.7 Å². The van der Waals surface area contributed by atoms with Crippen molar-refractivity contribution in [3.05, 3.63) is 71.4 Å². The van der Waals surface area contributed by atoms with E-state index in [1.807, 2.05) is 25.2 Å². The van der Waals surface area contributed by atoms with E-state index in [4.69, 9.17) is 9.15 Å². The maximum absolute atomic E-state index is 13.9. The third-order valence-corrected chi connectivity index (χ3v) is 5.37. The summed E-state index contributed by atoms with van der Waals surface area (Å²) in [4.78, 5) is 25.5. The largest absolute Gasteiger partial charge is 0.464 e. The molecule has 2 aromatic carbocycles. The lowest BCUT2D eigenvalue weighted by molar-refractivity contribution is -0.122. The fourth-order valence-electron chi connectivity index (χ4n) is 4.06. The zero-order valence-corrected chi connectivity index (χ0v) is 16.3. The number of nitrogens with one attached hydrogen (secondary N) is 1. The van der Waals surface area contributed by atoms with Crippen molar-refractivity contribution in [2.75, 3.05) is 7.11 Å². The van der Waals surface area contributed by atoms with Crippen LogP contribution in [0.1, 0.15) is 16.7 Å². The Labute approximate surface area is 170 Å². The van der Waals surface area contributed by atoms with E-state index in [-0.39, 0.29) is 11.1 Å². The van der Waals surface area contributed by atoms with Gasteiger partial charge >= 0.3 is 0 Å². The molecule has 2 aromatic heterocycles. The predicted octanol–water partition coefficient (Wildman–Crippen LogP) is 3.78. The third-order valence-electron chi connectivity index (χ3n) is 5.37. The van der Waals surface area contributed by atoms with Crippen molar-refractivity contribution in [1.82, 2.24) is 9.88 Å². The molecule has 7 heteroatoms. The van der Waals surface area contributed by atoms with Crippen LogP contribution in [0.3, 0.4) is 0 Å². The summed E-state index contributed by atoms with van der Waals surface area (Å²) in [6, 6.07) is 9.94. The van der Waals surface area contributed by atoms with Crippen molar-refractivity contribution >= 4 is 44.8 Å². The van der Waals surface area contributed by atoms with E-state index in [1.54, 1.807) is 23.9 Å². The van der Waals surface area contributed by atoms with Crippen LogP contribution in [0.5, 0.6) is 0 Å². The van der Waals surface area contributed by atoms with Crippen LogP contribution in [0.25, 0.3) is 33.0 Å². The van der Waals surface area contributed by atoms with Crippen LogP contribution in [0, 0.1) is 5.82 Å². The zero-order chi connectivity index (χ0) is 21.0. The number of aryl methyl sites for hydroxylation is 1. The lowest BCUT2D eigenvalue weighted by Gasteiger charge is -2.03. The number of methoxy groups -OCH3 is 1. The van der Waals surface area contributed by atoms with E-state index in [0.717, 1.165) is 11.1 Å². The summed E-state index contributed by atoms with van der Waals surface area (Å²) in [5, 5.41) is 3.64. The van der Waals surface area contributed by atoms with E-state index >= 15 is 0 Å². The number of aromatic nitrogens is 1. The molecule has 3 heterocycles. The second-order valence-electron chi connectivity index (χ2n) is 7.26. The van der Waals surface area contributed by atoms with Crippen LogP contribution in [-0.2, 0) is 28.0 Å². The fraction of sp³-hybridized carbons (Fsp3) is 0.130. The second-order valence-corrected chi connectivity index (χ2v) is 7.26. The number of furan rings is 1. The first-order chi connectivity index (χ1) is 14.5. The molecular formula is C23H17FN2O4. The second kappa shape index (κ2) is 6.67. The Morgan fingerprint density at radius 3 is 2.57 bits per heavy atom.